The molecule has 2 N–H and O–H groups in total. The normalized spacial score (nSPS) is 16.4. The molecule has 1 amide bonds. The van der Waals surface area contributed by atoms with Crippen molar-refractivity contribution in [3.63, 3.8) is 0 Å². The molecule has 5 rings (SSSR count). The van der Waals surface area contributed by atoms with E-state index in [2.05, 4.69) is 5.32 Å². The number of nitrogens with zero attached hydrogens (tertiary/aromatic N) is 2. The number of amides is 1. The van der Waals surface area contributed by atoms with Crippen LogP contribution in [0, 0.1) is 0 Å². The van der Waals surface area contributed by atoms with Crippen LogP contribution in [0.4, 0.5) is 0 Å². The maximum Gasteiger partial charge on any atom is 0.352 e. The van der Waals surface area contributed by atoms with E-state index >= 15 is 0 Å². The SMILES string of the molecule is Cn1cc([C@@H]2C(=O)NC(C(=O)O)=Cc3c2n(C)c2ccccc32)c2ccccc21. The van der Waals surface area contributed by atoms with E-state index in [4.69, 9.17) is 0 Å². The molecule has 0 radical (unpaired) electrons. The first-order valence-electron chi connectivity index (χ1n) is 9.34. The van der Waals surface area contributed by atoms with Crippen LogP contribution in [0.2, 0.25) is 0 Å². The highest BCUT2D eigenvalue weighted by Gasteiger charge is 2.35. The topological polar surface area (TPSA) is 76.3 Å². The Hall–Kier alpha value is -3.80. The lowest BCUT2D eigenvalue weighted by molar-refractivity contribution is -0.134. The summed E-state index contributed by atoms with van der Waals surface area (Å²) in [6.07, 6.45) is 3.53. The standard InChI is InChI=1S/C23H19N3O3/c1-25-12-16(14-8-3-5-9-18(14)25)20-21-15(11-17(23(28)29)24-22(20)27)13-7-4-6-10-19(13)26(21)2/h3-12,20H,1-2H3,(H,24,27)(H,28,29)/t20-/m0/s1. The number of hydrogen-bond donors (Lipinski definition) is 2. The van der Waals surface area contributed by atoms with Gasteiger partial charge in [0.15, 0.2) is 0 Å². The van der Waals surface area contributed by atoms with Crippen molar-refractivity contribution >= 4 is 39.8 Å². The van der Waals surface area contributed by atoms with Crippen molar-refractivity contribution in [2.24, 2.45) is 14.1 Å². The zero-order valence-corrected chi connectivity index (χ0v) is 16.0. The highest BCUT2D eigenvalue weighted by Crippen LogP contribution is 2.40. The molecule has 0 fully saturated rings. The van der Waals surface area contributed by atoms with Gasteiger partial charge in [0.2, 0.25) is 5.91 Å². The largest absolute Gasteiger partial charge is 0.477 e. The minimum atomic E-state index is -1.16. The van der Waals surface area contributed by atoms with Crippen LogP contribution in [0.1, 0.15) is 22.7 Å². The van der Waals surface area contributed by atoms with Gasteiger partial charge in [-0.2, -0.15) is 0 Å². The Morgan fingerprint density at radius 2 is 1.66 bits per heavy atom. The van der Waals surface area contributed by atoms with Crippen LogP contribution in [-0.2, 0) is 23.7 Å². The number of aromatic nitrogens is 2. The molecule has 4 aromatic rings. The smallest absolute Gasteiger partial charge is 0.352 e. The summed E-state index contributed by atoms with van der Waals surface area (Å²) < 4.78 is 3.99. The van der Waals surface area contributed by atoms with Gasteiger partial charge in [0.1, 0.15) is 11.6 Å². The lowest BCUT2D eigenvalue weighted by atomic mass is 9.92. The van der Waals surface area contributed by atoms with Crippen LogP contribution >= 0.6 is 0 Å². The zero-order valence-electron chi connectivity index (χ0n) is 16.0. The monoisotopic (exact) mass is 385 g/mol. The van der Waals surface area contributed by atoms with Gasteiger partial charge in [-0.15, -0.1) is 0 Å². The third kappa shape index (κ3) is 2.42. The van der Waals surface area contributed by atoms with Crippen LogP contribution in [0.5, 0.6) is 0 Å². The van der Waals surface area contributed by atoms with E-state index in [0.29, 0.717) is 0 Å². The predicted molar refractivity (Wildman–Crippen MR) is 111 cm³/mol. The summed E-state index contributed by atoms with van der Waals surface area (Å²) >= 11 is 0. The van der Waals surface area contributed by atoms with Gasteiger partial charge in [0, 0.05) is 53.4 Å². The zero-order chi connectivity index (χ0) is 20.3. The molecule has 0 saturated carbocycles. The molecule has 6 nitrogen and oxygen atoms in total. The van der Waals surface area contributed by atoms with Crippen molar-refractivity contribution in [3.05, 3.63) is 77.2 Å². The van der Waals surface area contributed by atoms with E-state index in [-0.39, 0.29) is 11.6 Å². The predicted octanol–water partition coefficient (Wildman–Crippen LogP) is 3.36. The van der Waals surface area contributed by atoms with Gasteiger partial charge in [-0.25, -0.2) is 4.79 Å². The Morgan fingerprint density at radius 1 is 1.00 bits per heavy atom. The molecule has 6 heteroatoms. The quantitative estimate of drug-likeness (QED) is 0.556. The number of aliphatic carboxylic acids is 1. The van der Waals surface area contributed by atoms with Crippen molar-refractivity contribution < 1.29 is 14.7 Å². The average molecular weight is 385 g/mol. The molecular formula is C23H19N3O3. The van der Waals surface area contributed by atoms with Gasteiger partial charge in [0.25, 0.3) is 0 Å². The highest BCUT2D eigenvalue weighted by molar-refractivity contribution is 6.07. The van der Waals surface area contributed by atoms with E-state index in [9.17, 15) is 14.7 Å². The van der Waals surface area contributed by atoms with Crippen molar-refractivity contribution in [1.29, 1.82) is 0 Å². The molecule has 2 aromatic carbocycles. The highest BCUT2D eigenvalue weighted by atomic mass is 16.4. The van der Waals surface area contributed by atoms with Crippen molar-refractivity contribution in [2.45, 2.75) is 5.92 Å². The van der Waals surface area contributed by atoms with Crippen molar-refractivity contribution in [1.82, 2.24) is 14.5 Å². The number of carbonyl (C=O) groups excluding carboxylic acids is 1. The molecule has 29 heavy (non-hydrogen) atoms. The Kier molecular flexibility index (Phi) is 3.64. The molecule has 1 aliphatic heterocycles. The van der Waals surface area contributed by atoms with Crippen LogP contribution in [0.3, 0.4) is 0 Å². The second-order valence-electron chi connectivity index (χ2n) is 7.37. The summed E-state index contributed by atoms with van der Waals surface area (Å²) in [5.41, 5.74) is 4.26. The Balaban J connectivity index is 1.88. The molecule has 0 bridgehead atoms. The van der Waals surface area contributed by atoms with Gasteiger partial charge in [-0.3, -0.25) is 4.79 Å². The average Bonchev–Trinajstić information content (AvgIpc) is 3.12. The second kappa shape index (κ2) is 6.10. The summed E-state index contributed by atoms with van der Waals surface area (Å²) in [4.78, 5) is 25.1. The molecule has 0 spiro atoms. The molecule has 2 aromatic heterocycles. The number of carboxylic acid groups (broad SMARTS) is 1. The lowest BCUT2D eigenvalue weighted by Gasteiger charge is -2.17. The summed E-state index contributed by atoms with van der Waals surface area (Å²) in [6.45, 7) is 0. The molecule has 0 aliphatic carbocycles. The molecule has 144 valence electrons. The summed E-state index contributed by atoms with van der Waals surface area (Å²) in [5, 5.41) is 14.1. The fourth-order valence-corrected chi connectivity index (χ4v) is 4.46. The first-order valence-corrected chi connectivity index (χ1v) is 9.34. The van der Waals surface area contributed by atoms with Crippen LogP contribution in [-0.4, -0.2) is 26.1 Å². The second-order valence-corrected chi connectivity index (χ2v) is 7.37. The number of carboxylic acids is 1. The summed E-state index contributed by atoms with van der Waals surface area (Å²) in [6, 6.07) is 15.7. The number of nitrogens with one attached hydrogen (secondary N) is 1. The molecule has 0 unspecified atom stereocenters. The van der Waals surface area contributed by atoms with Gasteiger partial charge >= 0.3 is 5.97 Å². The van der Waals surface area contributed by atoms with Crippen molar-refractivity contribution in [2.75, 3.05) is 0 Å². The minimum absolute atomic E-state index is 0.115. The maximum atomic E-state index is 13.3. The van der Waals surface area contributed by atoms with Gasteiger partial charge in [0.05, 0.1) is 0 Å². The third-order valence-electron chi connectivity index (χ3n) is 5.74. The van der Waals surface area contributed by atoms with Crippen LogP contribution in [0.15, 0.2) is 60.4 Å². The van der Waals surface area contributed by atoms with Gasteiger partial charge < -0.3 is 19.6 Å². The van der Waals surface area contributed by atoms with Crippen LogP contribution in [0.25, 0.3) is 27.9 Å². The molecule has 0 saturated heterocycles. The van der Waals surface area contributed by atoms with Crippen molar-refractivity contribution in [3.8, 4) is 0 Å². The van der Waals surface area contributed by atoms with E-state index in [1.54, 1.807) is 6.08 Å². The molecule has 3 heterocycles. The number of hydrogen-bond acceptors (Lipinski definition) is 2. The van der Waals surface area contributed by atoms with E-state index < -0.39 is 11.9 Å². The maximum absolute atomic E-state index is 13.3. The lowest BCUT2D eigenvalue weighted by Crippen LogP contribution is -2.31. The summed E-state index contributed by atoms with van der Waals surface area (Å²) in [5.74, 6) is -2.14. The van der Waals surface area contributed by atoms with Gasteiger partial charge in [-0.05, 0) is 23.8 Å². The number of rotatable bonds is 2. The fourth-order valence-electron chi connectivity index (χ4n) is 4.46. The molecular weight excluding hydrogens is 366 g/mol. The fraction of sp³-hybridized carbons (Fsp3) is 0.130. The third-order valence-corrected chi connectivity index (χ3v) is 5.74. The number of para-hydroxylation sites is 2. The Labute approximate surface area is 166 Å². The first kappa shape index (κ1) is 17.3. The van der Waals surface area contributed by atoms with E-state index in [1.807, 2.05) is 78.0 Å². The molecule has 1 atom stereocenters. The number of benzene rings is 2. The summed E-state index contributed by atoms with van der Waals surface area (Å²) in [7, 11) is 3.87. The Morgan fingerprint density at radius 3 is 2.38 bits per heavy atom. The van der Waals surface area contributed by atoms with E-state index in [1.165, 1.54) is 0 Å². The minimum Gasteiger partial charge on any atom is -0.477 e. The van der Waals surface area contributed by atoms with Gasteiger partial charge in [-0.1, -0.05) is 36.4 Å². The number of aryl methyl sites for hydroxylation is 2. The van der Waals surface area contributed by atoms with Crippen LogP contribution < -0.4 is 5.32 Å². The number of carbonyl (C=O) groups is 2. The number of fused-ring (bicyclic) bond motifs is 4. The Bertz CT molecular complexity index is 1360. The first-order chi connectivity index (χ1) is 14.0. The van der Waals surface area contributed by atoms with E-state index in [0.717, 1.165) is 38.6 Å². The molecule has 1 aliphatic rings.